The number of ether oxygens (including phenoxy) is 1. The van der Waals surface area contributed by atoms with Crippen molar-refractivity contribution < 1.29 is 9.53 Å². The molecule has 1 atom stereocenters. The van der Waals surface area contributed by atoms with Crippen LogP contribution in [0.1, 0.15) is 49.0 Å². The maximum absolute atomic E-state index is 12.6. The second-order valence-electron chi connectivity index (χ2n) is 9.48. The summed E-state index contributed by atoms with van der Waals surface area (Å²) in [7, 11) is 1.88. The molecule has 1 fully saturated rings. The SMILES string of the molecule is CCC(COCCC1CCN(C(=O)c2cccnc2)CC1)n1cnc2c(NC)nc3ccccc3c21. The highest BCUT2D eigenvalue weighted by molar-refractivity contribution is 6.06. The van der Waals surface area contributed by atoms with Crippen LogP contribution in [-0.2, 0) is 4.74 Å². The number of carbonyl (C=O) groups is 1. The number of nitrogens with one attached hydrogen (secondary N) is 1. The van der Waals surface area contributed by atoms with Gasteiger partial charge in [-0.15, -0.1) is 0 Å². The summed E-state index contributed by atoms with van der Waals surface area (Å²) < 4.78 is 8.46. The second kappa shape index (κ2) is 11.0. The highest BCUT2D eigenvalue weighted by atomic mass is 16.5. The lowest BCUT2D eigenvalue weighted by atomic mass is 9.93. The Bertz CT molecular complexity index is 1310. The molecule has 0 aliphatic carbocycles. The molecule has 0 spiro atoms. The first-order chi connectivity index (χ1) is 17.7. The van der Waals surface area contributed by atoms with Crippen molar-refractivity contribution in [2.45, 2.75) is 38.6 Å². The molecule has 1 aliphatic heterocycles. The van der Waals surface area contributed by atoms with Crippen LogP contribution in [0, 0.1) is 5.92 Å². The summed E-state index contributed by atoms with van der Waals surface area (Å²) in [4.78, 5) is 28.1. The van der Waals surface area contributed by atoms with Gasteiger partial charge in [-0.3, -0.25) is 9.78 Å². The lowest BCUT2D eigenvalue weighted by Gasteiger charge is -2.32. The van der Waals surface area contributed by atoms with E-state index in [1.807, 2.05) is 48.6 Å². The number of piperidine rings is 1. The Hall–Kier alpha value is -3.52. The third kappa shape index (κ3) is 4.91. The van der Waals surface area contributed by atoms with Gasteiger partial charge < -0.3 is 19.5 Å². The molecule has 5 rings (SSSR count). The standard InChI is InChI=1S/C28H34N6O2/c1-3-22(34-19-31-25-26(34)23-8-4-5-9-24(23)32-27(25)29-2)18-36-16-12-20-10-14-33(15-11-20)28(35)21-7-6-13-30-17-21/h4-9,13,17,19-20,22H,3,10-12,14-16,18H2,1-2H3,(H,29,32). The molecule has 1 aliphatic rings. The third-order valence-corrected chi connectivity index (χ3v) is 7.30. The predicted octanol–water partition coefficient (Wildman–Crippen LogP) is 4.93. The maximum Gasteiger partial charge on any atom is 0.255 e. The van der Waals surface area contributed by atoms with Gasteiger partial charge in [0.1, 0.15) is 5.52 Å². The fraction of sp³-hybridized carbons (Fsp3) is 0.429. The monoisotopic (exact) mass is 486 g/mol. The van der Waals surface area contributed by atoms with Gasteiger partial charge in [0.2, 0.25) is 0 Å². The zero-order valence-electron chi connectivity index (χ0n) is 21.1. The van der Waals surface area contributed by atoms with Crippen molar-refractivity contribution in [2.24, 2.45) is 5.92 Å². The zero-order valence-corrected chi connectivity index (χ0v) is 21.1. The molecule has 0 bridgehead atoms. The maximum atomic E-state index is 12.6. The average molecular weight is 487 g/mol. The van der Waals surface area contributed by atoms with E-state index in [1.165, 1.54) is 0 Å². The molecule has 0 saturated carbocycles. The Morgan fingerprint density at radius 1 is 1.19 bits per heavy atom. The molecule has 1 unspecified atom stereocenters. The van der Waals surface area contributed by atoms with Crippen molar-refractivity contribution in [3.8, 4) is 0 Å². The molecule has 36 heavy (non-hydrogen) atoms. The normalized spacial score (nSPS) is 15.4. The van der Waals surface area contributed by atoms with Gasteiger partial charge in [-0.1, -0.05) is 25.1 Å². The number of para-hydroxylation sites is 1. The van der Waals surface area contributed by atoms with Crippen LogP contribution in [0.25, 0.3) is 21.9 Å². The van der Waals surface area contributed by atoms with Crippen LogP contribution in [-0.4, -0.2) is 63.7 Å². The van der Waals surface area contributed by atoms with E-state index in [0.717, 1.165) is 73.1 Å². The second-order valence-corrected chi connectivity index (χ2v) is 9.48. The summed E-state index contributed by atoms with van der Waals surface area (Å²) in [6.45, 7) is 5.16. The van der Waals surface area contributed by atoms with Crippen LogP contribution in [0.15, 0.2) is 55.1 Å². The van der Waals surface area contributed by atoms with Gasteiger partial charge in [0, 0.05) is 44.5 Å². The van der Waals surface area contributed by atoms with E-state index in [0.29, 0.717) is 18.1 Å². The first-order valence-electron chi connectivity index (χ1n) is 12.9. The van der Waals surface area contributed by atoms with Crippen molar-refractivity contribution >= 4 is 33.7 Å². The van der Waals surface area contributed by atoms with Gasteiger partial charge in [0.15, 0.2) is 5.82 Å². The average Bonchev–Trinajstić information content (AvgIpc) is 3.38. The Morgan fingerprint density at radius 3 is 2.78 bits per heavy atom. The number of imidazole rings is 1. The minimum absolute atomic E-state index is 0.0836. The number of fused-ring (bicyclic) bond motifs is 3. The van der Waals surface area contributed by atoms with E-state index < -0.39 is 0 Å². The third-order valence-electron chi connectivity index (χ3n) is 7.30. The fourth-order valence-electron chi connectivity index (χ4n) is 5.16. The van der Waals surface area contributed by atoms with Gasteiger partial charge >= 0.3 is 0 Å². The summed E-state index contributed by atoms with van der Waals surface area (Å²) in [6.07, 6.45) is 9.27. The Morgan fingerprint density at radius 2 is 2.03 bits per heavy atom. The predicted molar refractivity (Wildman–Crippen MR) is 142 cm³/mol. The molecular formula is C28H34N6O2. The number of nitrogens with zero attached hydrogens (tertiary/aromatic N) is 5. The molecule has 3 aromatic heterocycles. The van der Waals surface area contributed by atoms with Crippen molar-refractivity contribution in [2.75, 3.05) is 38.7 Å². The topological polar surface area (TPSA) is 85.2 Å². The molecule has 8 heteroatoms. The van der Waals surface area contributed by atoms with E-state index in [-0.39, 0.29) is 11.9 Å². The summed E-state index contributed by atoms with van der Waals surface area (Å²) in [6, 6.07) is 12.1. The van der Waals surface area contributed by atoms with Crippen molar-refractivity contribution in [1.82, 2.24) is 24.4 Å². The minimum atomic E-state index is 0.0836. The number of hydrogen-bond donors (Lipinski definition) is 1. The quantitative estimate of drug-likeness (QED) is 0.338. The number of benzene rings is 1. The molecular weight excluding hydrogens is 452 g/mol. The van der Waals surface area contributed by atoms with E-state index in [2.05, 4.69) is 27.9 Å². The molecule has 1 aromatic carbocycles. The molecule has 8 nitrogen and oxygen atoms in total. The van der Waals surface area contributed by atoms with E-state index in [1.54, 1.807) is 12.4 Å². The largest absolute Gasteiger partial charge is 0.379 e. The Balaban J connectivity index is 1.17. The van der Waals surface area contributed by atoms with E-state index in [4.69, 9.17) is 14.7 Å². The summed E-state index contributed by atoms with van der Waals surface area (Å²) in [5, 5.41) is 4.30. The van der Waals surface area contributed by atoms with Gasteiger partial charge in [-0.2, -0.15) is 0 Å². The lowest BCUT2D eigenvalue weighted by Crippen LogP contribution is -2.38. The number of anilines is 1. The van der Waals surface area contributed by atoms with Crippen LogP contribution in [0.4, 0.5) is 5.82 Å². The number of aromatic nitrogens is 4. The van der Waals surface area contributed by atoms with Crippen molar-refractivity contribution in [3.05, 3.63) is 60.7 Å². The molecule has 1 N–H and O–H groups in total. The van der Waals surface area contributed by atoms with Gasteiger partial charge in [-0.25, -0.2) is 9.97 Å². The number of amides is 1. The Kier molecular flexibility index (Phi) is 7.41. The van der Waals surface area contributed by atoms with Crippen LogP contribution < -0.4 is 5.32 Å². The minimum Gasteiger partial charge on any atom is -0.379 e. The summed E-state index contributed by atoms with van der Waals surface area (Å²) in [5.41, 5.74) is 3.62. The molecule has 4 aromatic rings. The summed E-state index contributed by atoms with van der Waals surface area (Å²) >= 11 is 0. The van der Waals surface area contributed by atoms with Crippen molar-refractivity contribution in [3.63, 3.8) is 0 Å². The molecule has 4 heterocycles. The van der Waals surface area contributed by atoms with Crippen LogP contribution in [0.2, 0.25) is 0 Å². The van der Waals surface area contributed by atoms with Gasteiger partial charge in [0.25, 0.3) is 5.91 Å². The Labute approximate surface area is 211 Å². The van der Waals surface area contributed by atoms with Gasteiger partial charge in [-0.05, 0) is 49.8 Å². The van der Waals surface area contributed by atoms with Crippen LogP contribution in [0.5, 0.6) is 0 Å². The zero-order chi connectivity index (χ0) is 24.9. The van der Waals surface area contributed by atoms with E-state index >= 15 is 0 Å². The number of carbonyl (C=O) groups excluding carboxylic acids is 1. The first-order valence-corrected chi connectivity index (χ1v) is 12.9. The molecule has 1 saturated heterocycles. The van der Waals surface area contributed by atoms with Crippen LogP contribution in [0.3, 0.4) is 0 Å². The first kappa shape index (κ1) is 24.2. The van der Waals surface area contributed by atoms with Crippen LogP contribution >= 0.6 is 0 Å². The molecule has 1 amide bonds. The van der Waals surface area contributed by atoms with E-state index in [9.17, 15) is 4.79 Å². The van der Waals surface area contributed by atoms with Crippen molar-refractivity contribution in [1.29, 1.82) is 0 Å². The highest BCUT2D eigenvalue weighted by Gasteiger charge is 2.24. The van der Waals surface area contributed by atoms with Gasteiger partial charge in [0.05, 0.1) is 35.6 Å². The summed E-state index contributed by atoms with van der Waals surface area (Å²) in [5.74, 6) is 1.47. The number of hydrogen-bond acceptors (Lipinski definition) is 6. The smallest absolute Gasteiger partial charge is 0.255 e. The number of likely N-dealkylation sites (tertiary alicyclic amines) is 1. The molecule has 188 valence electrons. The number of pyridine rings is 2. The molecule has 0 radical (unpaired) electrons. The number of rotatable bonds is 9. The fourth-order valence-corrected chi connectivity index (χ4v) is 5.16. The lowest BCUT2D eigenvalue weighted by molar-refractivity contribution is 0.0620. The highest BCUT2D eigenvalue weighted by Crippen LogP contribution is 2.31.